The van der Waals surface area contributed by atoms with Crippen LogP contribution in [-0.4, -0.2) is 4.57 Å². The molecule has 0 bridgehead atoms. The predicted octanol–water partition coefficient (Wildman–Crippen LogP) is 13.0. The Bertz CT molecular complexity index is 2860. The van der Waals surface area contributed by atoms with Crippen LogP contribution in [0.3, 0.4) is 0 Å². The summed E-state index contributed by atoms with van der Waals surface area (Å²) in [5.41, 5.74) is 14.3. The van der Waals surface area contributed by atoms with Crippen LogP contribution in [0, 0.1) is 12.1 Å². The molecule has 0 aliphatic carbocycles. The van der Waals surface area contributed by atoms with Crippen molar-refractivity contribution >= 4 is 43.7 Å². The molecular formula is C48H29NO. The minimum Gasteiger partial charge on any atom is -0.456 e. The molecule has 232 valence electrons. The van der Waals surface area contributed by atoms with Gasteiger partial charge in [0.15, 0.2) is 0 Å². The molecule has 0 saturated carbocycles. The van der Waals surface area contributed by atoms with E-state index in [9.17, 15) is 0 Å². The van der Waals surface area contributed by atoms with E-state index >= 15 is 0 Å². The summed E-state index contributed by atoms with van der Waals surface area (Å²) in [5, 5.41) is 4.53. The number of hydrogen-bond donors (Lipinski definition) is 0. The molecule has 2 aromatic heterocycles. The summed E-state index contributed by atoms with van der Waals surface area (Å²) in [6.07, 6.45) is 0. The lowest BCUT2D eigenvalue weighted by Crippen LogP contribution is -1.93. The number of para-hydroxylation sites is 1. The molecular weight excluding hydrogens is 607 g/mol. The van der Waals surface area contributed by atoms with Crippen molar-refractivity contribution in [3.05, 3.63) is 188 Å². The molecule has 0 radical (unpaired) electrons. The van der Waals surface area contributed by atoms with Gasteiger partial charge in [-0.25, -0.2) is 0 Å². The summed E-state index contributed by atoms with van der Waals surface area (Å²) in [5.74, 6) is 0. The highest BCUT2D eigenvalue weighted by Gasteiger charge is 2.16. The Morgan fingerprint density at radius 3 is 1.64 bits per heavy atom. The zero-order valence-corrected chi connectivity index (χ0v) is 27.1. The minimum absolute atomic E-state index is 0.870. The van der Waals surface area contributed by atoms with Crippen LogP contribution in [0.15, 0.2) is 180 Å². The number of hydrogen-bond acceptors (Lipinski definition) is 1. The molecule has 10 rings (SSSR count). The van der Waals surface area contributed by atoms with Crippen LogP contribution in [0.1, 0.15) is 0 Å². The van der Waals surface area contributed by atoms with Crippen molar-refractivity contribution in [1.29, 1.82) is 0 Å². The van der Waals surface area contributed by atoms with E-state index in [2.05, 4.69) is 187 Å². The first kappa shape index (κ1) is 28.2. The molecule has 0 amide bonds. The average Bonchev–Trinajstić information content (AvgIpc) is 3.73. The SMILES string of the molecule is c1c(-c2ccccc2)cc2c3ccccc3n(-c3ccc4oc5ccc(-c6cccc(-c7cccc(-c8ccccc8)c7)c6)cc5c4c3)c2c#1. The highest BCUT2D eigenvalue weighted by molar-refractivity contribution is 6.11. The van der Waals surface area contributed by atoms with Crippen LogP contribution in [-0.2, 0) is 0 Å². The third kappa shape index (κ3) is 4.68. The van der Waals surface area contributed by atoms with Crippen molar-refractivity contribution in [2.75, 3.05) is 0 Å². The molecule has 2 nitrogen and oxygen atoms in total. The number of aromatic nitrogens is 1. The van der Waals surface area contributed by atoms with Gasteiger partial charge >= 0.3 is 0 Å². The van der Waals surface area contributed by atoms with Crippen molar-refractivity contribution in [3.8, 4) is 50.2 Å². The van der Waals surface area contributed by atoms with Gasteiger partial charge in [-0.1, -0.05) is 127 Å². The molecule has 8 aromatic carbocycles. The van der Waals surface area contributed by atoms with Gasteiger partial charge in [0.2, 0.25) is 0 Å². The van der Waals surface area contributed by atoms with E-state index in [1.807, 2.05) is 6.07 Å². The Hall–Kier alpha value is -6.82. The fourth-order valence-electron chi connectivity index (χ4n) is 7.35. The standard InChI is InChI=1S/C48H29NO/c1-3-11-32(12-4-1)34-15-9-16-35(27-34)36-17-10-18-37(28-36)39-22-25-47-43(30-39)44-31-40(23-26-48(44)50-47)49-45-20-8-7-19-41(45)42-29-38(21-24-46(42)49)33-13-5-2-6-14-33/h1-20,22-23,25-31H. The second kappa shape index (κ2) is 11.4. The molecule has 50 heavy (non-hydrogen) atoms. The first-order valence-electron chi connectivity index (χ1n) is 16.9. The van der Waals surface area contributed by atoms with Crippen molar-refractivity contribution in [2.24, 2.45) is 0 Å². The maximum atomic E-state index is 6.38. The summed E-state index contributed by atoms with van der Waals surface area (Å²) in [7, 11) is 0. The molecule has 0 aliphatic rings. The maximum absolute atomic E-state index is 6.38. The lowest BCUT2D eigenvalue weighted by atomic mass is 9.96. The lowest BCUT2D eigenvalue weighted by molar-refractivity contribution is 0.669. The number of rotatable bonds is 5. The number of nitrogens with zero attached hydrogens (tertiary/aromatic N) is 1. The number of furan rings is 1. The van der Waals surface area contributed by atoms with Crippen molar-refractivity contribution in [1.82, 2.24) is 4.57 Å². The lowest BCUT2D eigenvalue weighted by Gasteiger charge is -2.09. The highest BCUT2D eigenvalue weighted by Crippen LogP contribution is 2.38. The van der Waals surface area contributed by atoms with E-state index < -0.39 is 0 Å². The van der Waals surface area contributed by atoms with Gasteiger partial charge < -0.3 is 8.98 Å². The summed E-state index contributed by atoms with van der Waals surface area (Å²) in [6.45, 7) is 0. The van der Waals surface area contributed by atoms with Crippen molar-refractivity contribution in [3.63, 3.8) is 0 Å². The van der Waals surface area contributed by atoms with E-state index in [0.717, 1.165) is 60.7 Å². The molecule has 0 fully saturated rings. The molecule has 2 heterocycles. The van der Waals surface area contributed by atoms with Crippen LogP contribution in [0.25, 0.3) is 93.9 Å². The Morgan fingerprint density at radius 2 is 0.920 bits per heavy atom. The molecule has 0 atom stereocenters. The van der Waals surface area contributed by atoms with Gasteiger partial charge in [-0.3, -0.25) is 0 Å². The Kier molecular flexibility index (Phi) is 6.44. The Labute approximate surface area is 290 Å². The monoisotopic (exact) mass is 635 g/mol. The third-order valence-corrected chi connectivity index (χ3v) is 9.81. The van der Waals surface area contributed by atoms with Gasteiger partial charge in [0.25, 0.3) is 0 Å². The molecule has 0 aliphatic heterocycles. The fraction of sp³-hybridized carbons (Fsp3) is 0. The summed E-state index contributed by atoms with van der Waals surface area (Å²) >= 11 is 0. The topological polar surface area (TPSA) is 18.1 Å². The van der Waals surface area contributed by atoms with Crippen molar-refractivity contribution in [2.45, 2.75) is 0 Å². The van der Waals surface area contributed by atoms with Gasteiger partial charge in [0.1, 0.15) is 16.7 Å². The highest BCUT2D eigenvalue weighted by atomic mass is 16.3. The normalized spacial score (nSPS) is 11.4. The quantitative estimate of drug-likeness (QED) is 0.184. The molecule has 10 aromatic rings. The van der Waals surface area contributed by atoms with Crippen LogP contribution in [0.5, 0.6) is 0 Å². The van der Waals surface area contributed by atoms with Crippen LogP contribution < -0.4 is 0 Å². The predicted molar refractivity (Wildman–Crippen MR) is 207 cm³/mol. The summed E-state index contributed by atoms with van der Waals surface area (Å²) < 4.78 is 8.68. The van der Waals surface area contributed by atoms with Crippen molar-refractivity contribution < 1.29 is 4.42 Å². The number of benzene rings is 7. The molecule has 0 N–H and O–H groups in total. The Morgan fingerprint density at radius 1 is 0.360 bits per heavy atom. The second-order valence-corrected chi connectivity index (χ2v) is 12.8. The van der Waals surface area contributed by atoms with E-state index in [4.69, 9.17) is 4.42 Å². The first-order chi connectivity index (χ1) is 24.8. The van der Waals surface area contributed by atoms with Gasteiger partial charge in [-0.05, 0) is 99.6 Å². The largest absolute Gasteiger partial charge is 0.456 e. The molecule has 2 heteroatoms. The average molecular weight is 636 g/mol. The van der Waals surface area contributed by atoms with Crippen LogP contribution in [0.2, 0.25) is 0 Å². The van der Waals surface area contributed by atoms with Gasteiger partial charge in [0.05, 0.1) is 5.52 Å². The van der Waals surface area contributed by atoms with Gasteiger partial charge in [-0.15, -0.1) is 0 Å². The molecule has 0 spiro atoms. The summed E-state index contributed by atoms with van der Waals surface area (Å²) in [4.78, 5) is 0. The van der Waals surface area contributed by atoms with E-state index in [0.29, 0.717) is 0 Å². The van der Waals surface area contributed by atoms with E-state index in [1.54, 1.807) is 0 Å². The van der Waals surface area contributed by atoms with Crippen LogP contribution in [0.4, 0.5) is 0 Å². The first-order valence-corrected chi connectivity index (χ1v) is 16.9. The Balaban J connectivity index is 1.08. The van der Waals surface area contributed by atoms with E-state index in [1.165, 1.54) is 33.2 Å². The van der Waals surface area contributed by atoms with Crippen LogP contribution >= 0.6 is 0 Å². The zero-order valence-electron chi connectivity index (χ0n) is 27.1. The van der Waals surface area contributed by atoms with Gasteiger partial charge in [-0.2, -0.15) is 0 Å². The molecule has 0 unspecified atom stereocenters. The third-order valence-electron chi connectivity index (χ3n) is 9.81. The molecule has 0 saturated heterocycles. The second-order valence-electron chi connectivity index (χ2n) is 12.8. The zero-order chi connectivity index (χ0) is 33.0. The smallest absolute Gasteiger partial charge is 0.135 e. The van der Waals surface area contributed by atoms with E-state index in [-0.39, 0.29) is 0 Å². The summed E-state index contributed by atoms with van der Waals surface area (Å²) in [6, 6.07) is 69.4. The fourth-order valence-corrected chi connectivity index (χ4v) is 7.35. The maximum Gasteiger partial charge on any atom is 0.135 e. The number of fused-ring (bicyclic) bond motifs is 6. The minimum atomic E-state index is 0.870. The van der Waals surface area contributed by atoms with Gasteiger partial charge in [0, 0.05) is 32.8 Å².